The van der Waals surface area contributed by atoms with E-state index < -0.39 is 0 Å². The van der Waals surface area contributed by atoms with Crippen molar-refractivity contribution in [1.82, 2.24) is 10.4 Å². The normalized spacial score (nSPS) is 26.4. The van der Waals surface area contributed by atoms with Gasteiger partial charge in [-0.05, 0) is 32.7 Å². The third-order valence-corrected chi connectivity index (χ3v) is 3.46. The lowest BCUT2D eigenvalue weighted by molar-refractivity contribution is 0.0783. The summed E-state index contributed by atoms with van der Waals surface area (Å²) in [5.41, 5.74) is 5.17. The van der Waals surface area contributed by atoms with Crippen LogP contribution in [0, 0.1) is 0 Å². The van der Waals surface area contributed by atoms with Gasteiger partial charge in [0.2, 0.25) is 0 Å². The SMILES string of the molecule is CC1=CC=C(CN2CCCC(NO)C2)CC=C1. The zero-order valence-electron chi connectivity index (χ0n) is 10.5. The van der Waals surface area contributed by atoms with Crippen LogP contribution in [0.5, 0.6) is 0 Å². The molecule has 17 heavy (non-hydrogen) atoms. The molecule has 0 aromatic rings. The molecule has 0 radical (unpaired) electrons. The highest BCUT2D eigenvalue weighted by Gasteiger charge is 2.19. The smallest absolute Gasteiger partial charge is 0.0447 e. The van der Waals surface area contributed by atoms with Crippen molar-refractivity contribution in [2.75, 3.05) is 19.6 Å². The van der Waals surface area contributed by atoms with Crippen molar-refractivity contribution >= 4 is 0 Å². The number of piperidine rings is 1. The fourth-order valence-corrected chi connectivity index (χ4v) is 2.48. The maximum Gasteiger partial charge on any atom is 0.0447 e. The van der Waals surface area contributed by atoms with Crippen molar-refractivity contribution in [3.05, 3.63) is 35.5 Å². The molecular formula is C14H22N2O. The van der Waals surface area contributed by atoms with E-state index in [1.54, 1.807) is 0 Å². The molecule has 0 bridgehead atoms. The van der Waals surface area contributed by atoms with Gasteiger partial charge in [0.05, 0.1) is 0 Å². The highest BCUT2D eigenvalue weighted by atomic mass is 16.5. The summed E-state index contributed by atoms with van der Waals surface area (Å²) in [7, 11) is 0. The highest BCUT2D eigenvalue weighted by molar-refractivity contribution is 5.30. The summed E-state index contributed by atoms with van der Waals surface area (Å²) in [6.07, 6.45) is 12.1. The van der Waals surface area contributed by atoms with Gasteiger partial charge in [-0.15, -0.1) is 0 Å². The van der Waals surface area contributed by atoms with Gasteiger partial charge in [0, 0.05) is 19.1 Å². The first-order chi connectivity index (χ1) is 8.28. The van der Waals surface area contributed by atoms with Crippen LogP contribution >= 0.6 is 0 Å². The Balaban J connectivity index is 1.90. The molecule has 2 rings (SSSR count). The van der Waals surface area contributed by atoms with Gasteiger partial charge in [-0.1, -0.05) is 35.5 Å². The average Bonchev–Trinajstić information content (AvgIpc) is 2.55. The van der Waals surface area contributed by atoms with Gasteiger partial charge >= 0.3 is 0 Å². The zero-order chi connectivity index (χ0) is 12.1. The van der Waals surface area contributed by atoms with E-state index in [0.717, 1.165) is 38.9 Å². The molecule has 0 amide bonds. The van der Waals surface area contributed by atoms with Crippen LogP contribution in [0.3, 0.4) is 0 Å². The van der Waals surface area contributed by atoms with Gasteiger partial charge in [0.15, 0.2) is 0 Å². The summed E-state index contributed by atoms with van der Waals surface area (Å²) >= 11 is 0. The molecule has 1 unspecified atom stereocenters. The number of hydrogen-bond donors (Lipinski definition) is 2. The third kappa shape index (κ3) is 3.80. The topological polar surface area (TPSA) is 35.5 Å². The van der Waals surface area contributed by atoms with Crippen molar-refractivity contribution in [3.8, 4) is 0 Å². The molecule has 0 saturated carbocycles. The standard InChI is InChI=1S/C14H22N2O/c1-12-4-2-5-13(8-7-12)10-16-9-3-6-14(11-16)15-17/h2,4,7-8,14-15,17H,3,5-6,9-11H2,1H3. The molecule has 0 spiro atoms. The summed E-state index contributed by atoms with van der Waals surface area (Å²) in [5, 5.41) is 8.98. The average molecular weight is 234 g/mol. The molecule has 2 aliphatic rings. The van der Waals surface area contributed by atoms with Crippen LogP contribution in [0.4, 0.5) is 0 Å². The molecule has 0 aromatic heterocycles. The number of hydroxylamine groups is 1. The van der Waals surface area contributed by atoms with Crippen molar-refractivity contribution in [2.45, 2.75) is 32.2 Å². The molecular weight excluding hydrogens is 212 g/mol. The number of likely N-dealkylation sites (tertiary alicyclic amines) is 1. The summed E-state index contributed by atoms with van der Waals surface area (Å²) in [6, 6.07) is 0.239. The van der Waals surface area contributed by atoms with E-state index in [1.165, 1.54) is 11.1 Å². The van der Waals surface area contributed by atoms with E-state index >= 15 is 0 Å². The van der Waals surface area contributed by atoms with Crippen LogP contribution in [0.1, 0.15) is 26.2 Å². The van der Waals surface area contributed by atoms with Crippen molar-refractivity contribution < 1.29 is 5.21 Å². The fourth-order valence-electron chi connectivity index (χ4n) is 2.48. The Labute approximate surface area is 103 Å². The molecule has 1 aliphatic carbocycles. The third-order valence-electron chi connectivity index (χ3n) is 3.46. The van der Waals surface area contributed by atoms with Gasteiger partial charge in [-0.2, -0.15) is 0 Å². The molecule has 2 N–H and O–H groups in total. The fraction of sp³-hybridized carbons (Fsp3) is 0.571. The van der Waals surface area contributed by atoms with E-state index in [2.05, 4.69) is 41.6 Å². The lowest BCUT2D eigenvalue weighted by Crippen LogP contribution is -2.45. The molecule has 3 nitrogen and oxygen atoms in total. The van der Waals surface area contributed by atoms with Crippen molar-refractivity contribution in [3.63, 3.8) is 0 Å². The molecule has 1 aliphatic heterocycles. The van der Waals surface area contributed by atoms with Gasteiger partial charge in [0.1, 0.15) is 0 Å². The Hall–Kier alpha value is -0.900. The minimum Gasteiger partial charge on any atom is -0.316 e. The van der Waals surface area contributed by atoms with Crippen molar-refractivity contribution in [2.24, 2.45) is 0 Å². The van der Waals surface area contributed by atoms with Gasteiger partial charge in [-0.3, -0.25) is 4.90 Å². The molecule has 0 aromatic carbocycles. The van der Waals surface area contributed by atoms with E-state index in [0.29, 0.717) is 0 Å². The number of allylic oxidation sites excluding steroid dienone is 5. The summed E-state index contributed by atoms with van der Waals surface area (Å²) in [4.78, 5) is 2.42. The number of hydrogen-bond acceptors (Lipinski definition) is 3. The molecule has 94 valence electrons. The zero-order valence-corrected chi connectivity index (χ0v) is 10.5. The van der Waals surface area contributed by atoms with E-state index in [4.69, 9.17) is 5.21 Å². The molecule has 1 fully saturated rings. The van der Waals surface area contributed by atoms with Crippen LogP contribution in [-0.2, 0) is 0 Å². The predicted molar refractivity (Wildman–Crippen MR) is 70.0 cm³/mol. The summed E-state index contributed by atoms with van der Waals surface area (Å²) < 4.78 is 0. The van der Waals surface area contributed by atoms with Gasteiger partial charge in [-0.25, -0.2) is 5.48 Å². The molecule has 1 heterocycles. The molecule has 1 atom stereocenters. The molecule has 3 heteroatoms. The number of nitrogens with zero attached hydrogens (tertiary/aromatic N) is 1. The second-order valence-electron chi connectivity index (χ2n) is 5.05. The monoisotopic (exact) mass is 234 g/mol. The lowest BCUT2D eigenvalue weighted by Gasteiger charge is -2.32. The van der Waals surface area contributed by atoms with E-state index in [9.17, 15) is 0 Å². The van der Waals surface area contributed by atoms with Crippen LogP contribution in [-0.4, -0.2) is 35.8 Å². The quantitative estimate of drug-likeness (QED) is 0.735. The predicted octanol–water partition coefficient (Wildman–Crippen LogP) is 2.26. The molecule has 1 saturated heterocycles. The van der Waals surface area contributed by atoms with Gasteiger partial charge < -0.3 is 5.21 Å². The van der Waals surface area contributed by atoms with E-state index in [-0.39, 0.29) is 6.04 Å². The van der Waals surface area contributed by atoms with Crippen LogP contribution in [0.25, 0.3) is 0 Å². The number of rotatable bonds is 3. The Morgan fingerprint density at radius 2 is 2.35 bits per heavy atom. The first kappa shape index (κ1) is 12.6. The second-order valence-corrected chi connectivity index (χ2v) is 5.05. The summed E-state index contributed by atoms with van der Waals surface area (Å²) in [6.45, 7) is 5.23. The Bertz CT molecular complexity index is 344. The van der Waals surface area contributed by atoms with Crippen LogP contribution in [0.2, 0.25) is 0 Å². The first-order valence-electron chi connectivity index (χ1n) is 6.43. The largest absolute Gasteiger partial charge is 0.316 e. The second kappa shape index (κ2) is 6.15. The van der Waals surface area contributed by atoms with Crippen molar-refractivity contribution in [1.29, 1.82) is 0 Å². The minimum atomic E-state index is 0.239. The Kier molecular flexibility index (Phi) is 4.54. The van der Waals surface area contributed by atoms with Gasteiger partial charge in [0.25, 0.3) is 0 Å². The maximum absolute atomic E-state index is 8.98. The maximum atomic E-state index is 8.98. The summed E-state index contributed by atoms with van der Waals surface area (Å²) in [5.74, 6) is 0. The van der Waals surface area contributed by atoms with E-state index in [1.807, 2.05) is 0 Å². The lowest BCUT2D eigenvalue weighted by atomic mass is 10.0. The minimum absolute atomic E-state index is 0.239. The first-order valence-corrected chi connectivity index (χ1v) is 6.43. The Morgan fingerprint density at radius 3 is 3.18 bits per heavy atom. The van der Waals surface area contributed by atoms with Crippen LogP contribution < -0.4 is 5.48 Å². The highest BCUT2D eigenvalue weighted by Crippen LogP contribution is 2.16. The van der Waals surface area contributed by atoms with Crippen LogP contribution in [0.15, 0.2) is 35.5 Å². The Morgan fingerprint density at radius 1 is 1.47 bits per heavy atom. The number of nitrogens with one attached hydrogen (secondary N) is 1.